The minimum absolute atomic E-state index is 0.0175. The number of nitrogens with two attached hydrogens (primary N) is 1. The largest absolute Gasteiger partial charge is 0.474 e. The molecule has 1 fully saturated rings. The summed E-state index contributed by atoms with van der Waals surface area (Å²) in [5.41, 5.74) is 5.19. The fraction of sp³-hybridized carbons (Fsp3) is 0.478. The Morgan fingerprint density at radius 2 is 1.91 bits per heavy atom. The zero-order valence-corrected chi connectivity index (χ0v) is 18.0. The van der Waals surface area contributed by atoms with Crippen molar-refractivity contribution in [3.05, 3.63) is 53.0 Å². The summed E-state index contributed by atoms with van der Waals surface area (Å²) in [4.78, 5) is 16.3. The summed E-state index contributed by atoms with van der Waals surface area (Å²) < 4.78 is 59.1. The molecule has 3 rings (SSSR count). The maximum absolute atomic E-state index is 13.7. The fourth-order valence-electron chi connectivity index (χ4n) is 3.67. The van der Waals surface area contributed by atoms with Crippen LogP contribution in [0.15, 0.2) is 30.3 Å². The number of halogens is 4. The lowest BCUT2D eigenvalue weighted by Crippen LogP contribution is -2.29. The topological polar surface area (TPSA) is 77.2 Å². The summed E-state index contributed by atoms with van der Waals surface area (Å²) in [7, 11) is 0. The third-order valence-electron chi connectivity index (χ3n) is 5.84. The number of anilines is 1. The molecule has 2 aromatic rings. The van der Waals surface area contributed by atoms with Crippen molar-refractivity contribution in [2.75, 3.05) is 5.73 Å². The Kier molecular flexibility index (Phi) is 7.26. The van der Waals surface area contributed by atoms with Gasteiger partial charge in [0.05, 0.1) is 11.6 Å². The number of nitrogens with one attached hydrogen (secondary N) is 1. The standard InChI is InChI=1S/C23H27F4N3O2/c1-13-3-7-17(8-4-13)32-22-16(6-10-20(30-22)23(25,26)27)12-29-21(31)14(2)15-5-9-19(28)18(24)11-15/h5-6,9-11,13-14,17H,3-4,7-8,12,28H2,1-2H3,(H,29,31). The molecule has 0 aliphatic heterocycles. The first kappa shape index (κ1) is 23.8. The van der Waals surface area contributed by atoms with Gasteiger partial charge in [-0.1, -0.05) is 13.0 Å². The van der Waals surface area contributed by atoms with Crippen LogP contribution in [0.2, 0.25) is 0 Å². The highest BCUT2D eigenvalue weighted by Gasteiger charge is 2.34. The summed E-state index contributed by atoms with van der Waals surface area (Å²) in [6.45, 7) is 3.67. The second-order valence-corrected chi connectivity index (χ2v) is 8.38. The van der Waals surface area contributed by atoms with Crippen LogP contribution in [-0.4, -0.2) is 17.0 Å². The molecule has 1 saturated carbocycles. The van der Waals surface area contributed by atoms with Gasteiger partial charge in [0.1, 0.15) is 17.6 Å². The predicted octanol–water partition coefficient (Wildman–Crippen LogP) is 5.20. The van der Waals surface area contributed by atoms with E-state index in [9.17, 15) is 22.4 Å². The normalized spacial score (nSPS) is 19.9. The molecule has 1 amide bonds. The van der Waals surface area contributed by atoms with Crippen LogP contribution in [0.5, 0.6) is 5.88 Å². The number of amides is 1. The first-order valence-electron chi connectivity index (χ1n) is 10.6. The Balaban J connectivity index is 1.74. The molecular weight excluding hydrogens is 426 g/mol. The minimum Gasteiger partial charge on any atom is -0.474 e. The molecule has 3 N–H and O–H groups in total. The van der Waals surface area contributed by atoms with E-state index in [-0.39, 0.29) is 24.2 Å². The van der Waals surface area contributed by atoms with Gasteiger partial charge in [0, 0.05) is 12.1 Å². The van der Waals surface area contributed by atoms with E-state index in [2.05, 4.69) is 17.2 Å². The number of alkyl halides is 3. The molecule has 0 bridgehead atoms. The number of nitrogens with zero attached hydrogens (tertiary/aromatic N) is 1. The number of nitrogen functional groups attached to an aromatic ring is 1. The van der Waals surface area contributed by atoms with Crippen LogP contribution in [0, 0.1) is 11.7 Å². The molecule has 1 aromatic carbocycles. The maximum atomic E-state index is 13.7. The van der Waals surface area contributed by atoms with Crippen molar-refractivity contribution in [1.82, 2.24) is 10.3 Å². The van der Waals surface area contributed by atoms with E-state index >= 15 is 0 Å². The van der Waals surface area contributed by atoms with Gasteiger partial charge >= 0.3 is 6.18 Å². The van der Waals surface area contributed by atoms with Crippen molar-refractivity contribution in [2.45, 2.75) is 64.3 Å². The van der Waals surface area contributed by atoms with Gasteiger partial charge in [-0.25, -0.2) is 9.37 Å². The molecule has 1 aliphatic carbocycles. The van der Waals surface area contributed by atoms with Gasteiger partial charge in [-0.2, -0.15) is 13.2 Å². The fourth-order valence-corrected chi connectivity index (χ4v) is 3.67. The zero-order valence-electron chi connectivity index (χ0n) is 18.0. The van der Waals surface area contributed by atoms with Crippen molar-refractivity contribution in [2.24, 2.45) is 5.92 Å². The average molecular weight is 453 g/mol. The minimum atomic E-state index is -4.60. The SMILES string of the molecule is CC1CCC(Oc2nc(C(F)(F)F)ccc2CNC(=O)C(C)c2ccc(N)c(F)c2)CC1. The van der Waals surface area contributed by atoms with E-state index in [1.807, 2.05) is 0 Å². The van der Waals surface area contributed by atoms with E-state index in [4.69, 9.17) is 10.5 Å². The number of ether oxygens (including phenoxy) is 1. The Morgan fingerprint density at radius 1 is 1.22 bits per heavy atom. The van der Waals surface area contributed by atoms with E-state index in [1.165, 1.54) is 18.2 Å². The first-order valence-corrected chi connectivity index (χ1v) is 10.6. The molecule has 1 heterocycles. The summed E-state index contributed by atoms with van der Waals surface area (Å²) >= 11 is 0. The molecule has 1 aliphatic rings. The Hall–Kier alpha value is -2.84. The van der Waals surface area contributed by atoms with Gasteiger partial charge in [0.25, 0.3) is 0 Å². The highest BCUT2D eigenvalue weighted by atomic mass is 19.4. The molecule has 1 aromatic heterocycles. The number of rotatable bonds is 6. The van der Waals surface area contributed by atoms with Crippen molar-refractivity contribution in [3.63, 3.8) is 0 Å². The van der Waals surface area contributed by atoms with E-state index in [0.29, 0.717) is 17.0 Å². The maximum Gasteiger partial charge on any atom is 0.433 e. The third-order valence-corrected chi connectivity index (χ3v) is 5.84. The van der Waals surface area contributed by atoms with Crippen molar-refractivity contribution in [1.29, 1.82) is 0 Å². The molecule has 174 valence electrons. The van der Waals surface area contributed by atoms with Crippen LogP contribution in [0.3, 0.4) is 0 Å². The van der Waals surface area contributed by atoms with Gasteiger partial charge in [0.15, 0.2) is 0 Å². The van der Waals surface area contributed by atoms with Crippen LogP contribution in [0.1, 0.15) is 62.3 Å². The lowest BCUT2D eigenvalue weighted by Gasteiger charge is -2.27. The smallest absolute Gasteiger partial charge is 0.433 e. The molecular formula is C23H27F4N3O2. The quantitative estimate of drug-likeness (QED) is 0.466. The van der Waals surface area contributed by atoms with E-state index in [0.717, 1.165) is 31.7 Å². The number of aromatic nitrogens is 1. The van der Waals surface area contributed by atoms with Crippen LogP contribution in [0.25, 0.3) is 0 Å². The van der Waals surface area contributed by atoms with Gasteiger partial charge in [-0.15, -0.1) is 0 Å². The molecule has 0 radical (unpaired) electrons. The van der Waals surface area contributed by atoms with Gasteiger partial charge < -0.3 is 15.8 Å². The summed E-state index contributed by atoms with van der Waals surface area (Å²) in [6, 6.07) is 6.27. The number of carbonyl (C=O) groups is 1. The number of hydrogen-bond acceptors (Lipinski definition) is 4. The molecule has 0 spiro atoms. The van der Waals surface area contributed by atoms with Gasteiger partial charge in [0.2, 0.25) is 11.8 Å². The van der Waals surface area contributed by atoms with Crippen LogP contribution in [-0.2, 0) is 17.5 Å². The molecule has 1 unspecified atom stereocenters. The lowest BCUT2D eigenvalue weighted by molar-refractivity contribution is -0.141. The van der Waals surface area contributed by atoms with Crippen LogP contribution >= 0.6 is 0 Å². The zero-order chi connectivity index (χ0) is 23.5. The molecule has 0 saturated heterocycles. The highest BCUT2D eigenvalue weighted by molar-refractivity contribution is 5.83. The summed E-state index contributed by atoms with van der Waals surface area (Å²) in [5.74, 6) is -1.27. The Labute approximate surface area is 184 Å². The first-order chi connectivity index (χ1) is 15.0. The highest BCUT2D eigenvalue weighted by Crippen LogP contribution is 2.32. The monoisotopic (exact) mass is 453 g/mol. The second-order valence-electron chi connectivity index (χ2n) is 8.38. The van der Waals surface area contributed by atoms with E-state index in [1.54, 1.807) is 13.0 Å². The Morgan fingerprint density at radius 3 is 2.53 bits per heavy atom. The van der Waals surface area contributed by atoms with Crippen molar-refractivity contribution in [3.8, 4) is 5.88 Å². The molecule has 32 heavy (non-hydrogen) atoms. The van der Waals surface area contributed by atoms with E-state index < -0.39 is 29.5 Å². The van der Waals surface area contributed by atoms with Crippen LogP contribution < -0.4 is 15.8 Å². The van der Waals surface area contributed by atoms with Crippen LogP contribution in [0.4, 0.5) is 23.2 Å². The average Bonchev–Trinajstić information content (AvgIpc) is 2.75. The summed E-state index contributed by atoms with van der Waals surface area (Å²) in [5, 5.41) is 2.68. The Bertz CT molecular complexity index is 957. The van der Waals surface area contributed by atoms with Crippen molar-refractivity contribution < 1.29 is 27.1 Å². The van der Waals surface area contributed by atoms with Gasteiger partial charge in [-0.3, -0.25) is 4.79 Å². The third kappa shape index (κ3) is 5.89. The number of carbonyl (C=O) groups excluding carboxylic acids is 1. The second kappa shape index (κ2) is 9.75. The molecule has 1 atom stereocenters. The number of hydrogen-bond donors (Lipinski definition) is 2. The number of benzene rings is 1. The number of pyridine rings is 1. The van der Waals surface area contributed by atoms with Gasteiger partial charge in [-0.05, 0) is 68.4 Å². The summed E-state index contributed by atoms with van der Waals surface area (Å²) in [6.07, 6.45) is -1.46. The molecule has 5 nitrogen and oxygen atoms in total. The molecule has 9 heteroatoms. The van der Waals surface area contributed by atoms with Crippen molar-refractivity contribution >= 4 is 11.6 Å². The predicted molar refractivity (Wildman–Crippen MR) is 112 cm³/mol. The lowest BCUT2D eigenvalue weighted by atomic mass is 9.89.